The molecule has 0 aliphatic carbocycles. The van der Waals surface area contributed by atoms with Gasteiger partial charge >= 0.3 is 0 Å². The summed E-state index contributed by atoms with van der Waals surface area (Å²) in [6.45, 7) is 5.88. The van der Waals surface area contributed by atoms with Crippen LogP contribution in [0.5, 0.6) is 0 Å². The van der Waals surface area contributed by atoms with Gasteiger partial charge in [-0.3, -0.25) is 9.59 Å². The van der Waals surface area contributed by atoms with Gasteiger partial charge in [0.25, 0.3) is 0 Å². The van der Waals surface area contributed by atoms with Crippen LogP contribution in [-0.2, 0) is 9.59 Å². The average molecular weight is 337 g/mol. The number of pyridine rings is 1. The van der Waals surface area contributed by atoms with Gasteiger partial charge in [-0.15, -0.1) is 0 Å². The standard InChI is InChI=1S/C16H21ClN4O2/c1-2-19-11-12(10-14(19)22)16(23)21-8-6-20(7-9-21)15-13(17)4-3-5-18-15/h3-5,12H,2,6-11H2,1H3. The average Bonchev–Trinajstić information content (AvgIpc) is 2.96. The van der Waals surface area contributed by atoms with E-state index in [2.05, 4.69) is 9.88 Å². The molecule has 3 heterocycles. The highest BCUT2D eigenvalue weighted by Gasteiger charge is 2.36. The van der Waals surface area contributed by atoms with Crippen molar-refractivity contribution in [3.8, 4) is 0 Å². The summed E-state index contributed by atoms with van der Waals surface area (Å²) in [6.07, 6.45) is 2.07. The number of nitrogens with zero attached hydrogens (tertiary/aromatic N) is 4. The fourth-order valence-electron chi connectivity index (χ4n) is 3.25. The SMILES string of the molecule is CCN1CC(C(=O)N2CCN(c3ncccc3Cl)CC2)CC1=O. The maximum absolute atomic E-state index is 12.6. The van der Waals surface area contributed by atoms with Gasteiger partial charge in [0, 0.05) is 51.9 Å². The number of hydrogen-bond donors (Lipinski definition) is 0. The quantitative estimate of drug-likeness (QED) is 0.833. The molecular formula is C16H21ClN4O2. The molecule has 0 bridgehead atoms. The molecule has 0 spiro atoms. The predicted octanol–water partition coefficient (Wildman–Crippen LogP) is 1.25. The molecular weight excluding hydrogens is 316 g/mol. The van der Waals surface area contributed by atoms with Crippen molar-refractivity contribution in [2.45, 2.75) is 13.3 Å². The van der Waals surface area contributed by atoms with Gasteiger partial charge in [0.2, 0.25) is 11.8 Å². The van der Waals surface area contributed by atoms with E-state index in [0.717, 1.165) is 5.82 Å². The summed E-state index contributed by atoms with van der Waals surface area (Å²) >= 11 is 6.18. The van der Waals surface area contributed by atoms with E-state index < -0.39 is 0 Å². The van der Waals surface area contributed by atoms with Gasteiger partial charge in [0.05, 0.1) is 10.9 Å². The van der Waals surface area contributed by atoms with Crippen molar-refractivity contribution in [1.82, 2.24) is 14.8 Å². The third kappa shape index (κ3) is 3.27. The van der Waals surface area contributed by atoms with Crippen molar-refractivity contribution in [2.75, 3.05) is 44.2 Å². The van der Waals surface area contributed by atoms with E-state index in [0.29, 0.717) is 50.7 Å². The number of hydrogen-bond acceptors (Lipinski definition) is 4. The first-order valence-electron chi connectivity index (χ1n) is 8.02. The first-order chi connectivity index (χ1) is 11.1. The number of carbonyl (C=O) groups is 2. The molecule has 0 N–H and O–H groups in total. The zero-order valence-electron chi connectivity index (χ0n) is 13.2. The summed E-state index contributed by atoms with van der Waals surface area (Å²) in [5.41, 5.74) is 0. The Morgan fingerprint density at radius 3 is 2.70 bits per heavy atom. The largest absolute Gasteiger partial charge is 0.352 e. The van der Waals surface area contributed by atoms with Crippen LogP contribution in [0.3, 0.4) is 0 Å². The highest BCUT2D eigenvalue weighted by Crippen LogP contribution is 2.25. The Kier molecular flexibility index (Phi) is 4.71. The van der Waals surface area contributed by atoms with Crippen LogP contribution in [-0.4, -0.2) is 65.9 Å². The number of halogens is 1. The number of amides is 2. The van der Waals surface area contributed by atoms with Crippen molar-refractivity contribution in [2.24, 2.45) is 5.92 Å². The van der Waals surface area contributed by atoms with Gasteiger partial charge in [-0.05, 0) is 19.1 Å². The van der Waals surface area contributed by atoms with Crippen LogP contribution in [0.2, 0.25) is 5.02 Å². The summed E-state index contributed by atoms with van der Waals surface area (Å²) in [5.74, 6) is 0.771. The van der Waals surface area contributed by atoms with Crippen LogP contribution in [0.1, 0.15) is 13.3 Å². The summed E-state index contributed by atoms with van der Waals surface area (Å²) < 4.78 is 0. The third-order valence-corrected chi connectivity index (χ3v) is 4.87. The molecule has 2 fully saturated rings. The van der Waals surface area contributed by atoms with E-state index >= 15 is 0 Å². The Balaban J connectivity index is 1.58. The van der Waals surface area contributed by atoms with Crippen LogP contribution in [0.4, 0.5) is 5.82 Å². The molecule has 2 amide bonds. The minimum Gasteiger partial charge on any atom is -0.352 e. The van der Waals surface area contributed by atoms with Gasteiger partial charge in [-0.2, -0.15) is 0 Å². The van der Waals surface area contributed by atoms with E-state index in [9.17, 15) is 9.59 Å². The molecule has 1 aromatic rings. The van der Waals surface area contributed by atoms with Crippen molar-refractivity contribution in [3.05, 3.63) is 23.4 Å². The molecule has 2 aliphatic heterocycles. The second-order valence-electron chi connectivity index (χ2n) is 5.95. The number of anilines is 1. The molecule has 23 heavy (non-hydrogen) atoms. The maximum Gasteiger partial charge on any atom is 0.228 e. The lowest BCUT2D eigenvalue weighted by Crippen LogP contribution is -2.51. The Labute approximate surface area is 141 Å². The normalized spacial score (nSPS) is 21.9. The number of rotatable bonds is 3. The summed E-state index contributed by atoms with van der Waals surface area (Å²) in [7, 11) is 0. The number of likely N-dealkylation sites (tertiary alicyclic amines) is 1. The third-order valence-electron chi connectivity index (χ3n) is 4.58. The van der Waals surface area contributed by atoms with Gasteiger partial charge < -0.3 is 14.7 Å². The molecule has 124 valence electrons. The molecule has 2 aliphatic rings. The minimum atomic E-state index is -0.188. The fourth-order valence-corrected chi connectivity index (χ4v) is 3.49. The first kappa shape index (κ1) is 16.1. The minimum absolute atomic E-state index is 0.0877. The van der Waals surface area contributed by atoms with Crippen molar-refractivity contribution >= 4 is 29.2 Å². The zero-order chi connectivity index (χ0) is 16.4. The smallest absolute Gasteiger partial charge is 0.228 e. The van der Waals surface area contributed by atoms with Gasteiger partial charge in [0.1, 0.15) is 5.82 Å². The monoisotopic (exact) mass is 336 g/mol. The molecule has 7 heteroatoms. The van der Waals surface area contributed by atoms with Crippen LogP contribution in [0.15, 0.2) is 18.3 Å². The first-order valence-corrected chi connectivity index (χ1v) is 8.40. The molecule has 6 nitrogen and oxygen atoms in total. The maximum atomic E-state index is 12.6. The van der Waals surface area contributed by atoms with Crippen LogP contribution >= 0.6 is 11.6 Å². The highest BCUT2D eigenvalue weighted by atomic mass is 35.5. The van der Waals surface area contributed by atoms with Crippen LogP contribution < -0.4 is 4.90 Å². The van der Waals surface area contributed by atoms with Gasteiger partial charge in [-0.1, -0.05) is 11.6 Å². The Morgan fingerprint density at radius 1 is 1.35 bits per heavy atom. The lowest BCUT2D eigenvalue weighted by molar-refractivity contribution is -0.136. The van der Waals surface area contributed by atoms with E-state index in [4.69, 9.17) is 11.6 Å². The van der Waals surface area contributed by atoms with Crippen molar-refractivity contribution < 1.29 is 9.59 Å². The molecule has 2 saturated heterocycles. The van der Waals surface area contributed by atoms with Gasteiger partial charge in [0.15, 0.2) is 0 Å². The lowest BCUT2D eigenvalue weighted by Gasteiger charge is -2.36. The van der Waals surface area contributed by atoms with Crippen molar-refractivity contribution in [1.29, 1.82) is 0 Å². The molecule has 1 unspecified atom stereocenters. The Bertz CT molecular complexity index is 601. The summed E-state index contributed by atoms with van der Waals surface area (Å²) in [6, 6.07) is 3.63. The molecule has 0 saturated carbocycles. The van der Waals surface area contributed by atoms with Crippen LogP contribution in [0.25, 0.3) is 0 Å². The van der Waals surface area contributed by atoms with E-state index in [1.165, 1.54) is 0 Å². The number of carbonyl (C=O) groups excluding carboxylic acids is 2. The second-order valence-corrected chi connectivity index (χ2v) is 6.36. The molecule has 3 rings (SSSR count). The highest BCUT2D eigenvalue weighted by molar-refractivity contribution is 6.32. The van der Waals surface area contributed by atoms with E-state index in [-0.39, 0.29) is 17.7 Å². The molecule has 1 atom stereocenters. The number of piperazine rings is 1. The van der Waals surface area contributed by atoms with E-state index in [1.54, 1.807) is 11.1 Å². The molecule has 0 aromatic carbocycles. The number of aromatic nitrogens is 1. The molecule has 1 aromatic heterocycles. The topological polar surface area (TPSA) is 56.8 Å². The summed E-state index contributed by atoms with van der Waals surface area (Å²) in [4.78, 5) is 34.4. The Morgan fingerprint density at radius 2 is 2.09 bits per heavy atom. The molecule has 0 radical (unpaired) electrons. The predicted molar refractivity (Wildman–Crippen MR) is 88.4 cm³/mol. The van der Waals surface area contributed by atoms with Crippen molar-refractivity contribution in [3.63, 3.8) is 0 Å². The van der Waals surface area contributed by atoms with E-state index in [1.807, 2.05) is 24.0 Å². The fraction of sp³-hybridized carbons (Fsp3) is 0.562. The Hall–Kier alpha value is -1.82. The van der Waals surface area contributed by atoms with Crippen LogP contribution in [0, 0.1) is 5.92 Å². The lowest BCUT2D eigenvalue weighted by atomic mass is 10.1. The van der Waals surface area contributed by atoms with Gasteiger partial charge in [-0.25, -0.2) is 4.98 Å². The zero-order valence-corrected chi connectivity index (χ0v) is 14.0. The summed E-state index contributed by atoms with van der Waals surface area (Å²) in [5, 5.41) is 0.632. The second kappa shape index (κ2) is 6.74.